The van der Waals surface area contributed by atoms with Crippen molar-refractivity contribution in [3.8, 4) is 0 Å². The fourth-order valence-corrected chi connectivity index (χ4v) is 2.19. The zero-order chi connectivity index (χ0) is 19.3. The predicted molar refractivity (Wildman–Crippen MR) is 84.6 cm³/mol. The number of nitrogens with zero attached hydrogens (tertiary/aromatic N) is 1. The van der Waals surface area contributed by atoms with Crippen molar-refractivity contribution in [2.75, 3.05) is 13.7 Å². The molecule has 1 amide bonds. The first kappa shape index (κ1) is 19.4. The van der Waals surface area contributed by atoms with Gasteiger partial charge in [0.15, 0.2) is 6.61 Å². The lowest BCUT2D eigenvalue weighted by Gasteiger charge is -2.18. The summed E-state index contributed by atoms with van der Waals surface area (Å²) in [6.45, 7) is -0.821. The second-order valence-electron chi connectivity index (χ2n) is 5.46. The molecule has 0 fully saturated rings. The molecule has 0 N–H and O–H groups in total. The van der Waals surface area contributed by atoms with E-state index in [1.807, 2.05) is 0 Å². The molecule has 8 heteroatoms. The van der Waals surface area contributed by atoms with Crippen LogP contribution in [0.25, 0.3) is 0 Å². The first-order valence-corrected chi connectivity index (χ1v) is 7.51. The third-order valence-electron chi connectivity index (χ3n) is 3.57. The van der Waals surface area contributed by atoms with Gasteiger partial charge in [-0.3, -0.25) is 4.79 Å². The Balaban J connectivity index is 1.99. The van der Waals surface area contributed by atoms with Crippen LogP contribution in [0.1, 0.15) is 21.5 Å². The maximum Gasteiger partial charge on any atom is 0.417 e. The lowest BCUT2D eigenvalue weighted by atomic mass is 10.1. The van der Waals surface area contributed by atoms with Crippen molar-refractivity contribution in [3.63, 3.8) is 0 Å². The quantitative estimate of drug-likeness (QED) is 0.597. The standard InChI is InChI=1S/C18H15F4NO3/c1-23(10-12-6-2-5-9-15(12)19)16(24)11-26-17(25)13-7-3-4-8-14(13)18(20,21)22/h2-9H,10-11H2,1H3. The number of likely N-dealkylation sites (N-methyl/N-ethyl adjacent to an activating group) is 1. The number of hydrogen-bond acceptors (Lipinski definition) is 3. The summed E-state index contributed by atoms with van der Waals surface area (Å²) in [5.41, 5.74) is -1.56. The lowest BCUT2D eigenvalue weighted by molar-refractivity contribution is -0.138. The zero-order valence-corrected chi connectivity index (χ0v) is 13.7. The van der Waals surface area contributed by atoms with Crippen molar-refractivity contribution in [3.05, 3.63) is 71.0 Å². The number of esters is 1. The monoisotopic (exact) mass is 369 g/mol. The van der Waals surface area contributed by atoms with Crippen LogP contribution in [0.2, 0.25) is 0 Å². The van der Waals surface area contributed by atoms with E-state index in [2.05, 4.69) is 0 Å². The van der Waals surface area contributed by atoms with Gasteiger partial charge in [-0.25, -0.2) is 9.18 Å². The minimum absolute atomic E-state index is 0.0673. The Bertz CT molecular complexity index is 805. The molecule has 0 aliphatic carbocycles. The van der Waals surface area contributed by atoms with Crippen molar-refractivity contribution < 1.29 is 31.9 Å². The number of alkyl halides is 3. The molecule has 2 aromatic rings. The van der Waals surface area contributed by atoms with E-state index >= 15 is 0 Å². The number of carbonyl (C=O) groups is 2. The van der Waals surface area contributed by atoms with Gasteiger partial charge >= 0.3 is 12.1 Å². The molecule has 2 rings (SSSR count). The van der Waals surface area contributed by atoms with Crippen LogP contribution in [-0.4, -0.2) is 30.4 Å². The van der Waals surface area contributed by atoms with Crippen molar-refractivity contribution in [1.82, 2.24) is 4.90 Å². The van der Waals surface area contributed by atoms with Crippen LogP contribution in [0.3, 0.4) is 0 Å². The third kappa shape index (κ3) is 4.81. The van der Waals surface area contributed by atoms with E-state index in [-0.39, 0.29) is 12.1 Å². The summed E-state index contributed by atoms with van der Waals surface area (Å²) in [6.07, 6.45) is -4.72. The number of benzene rings is 2. The second kappa shape index (κ2) is 7.99. The SMILES string of the molecule is CN(Cc1ccccc1F)C(=O)COC(=O)c1ccccc1C(F)(F)F. The van der Waals surface area contributed by atoms with Gasteiger partial charge in [-0.1, -0.05) is 30.3 Å². The Morgan fingerprint density at radius 1 is 1.04 bits per heavy atom. The van der Waals surface area contributed by atoms with Crippen LogP contribution in [0.15, 0.2) is 48.5 Å². The molecule has 0 unspecified atom stereocenters. The molecule has 26 heavy (non-hydrogen) atoms. The Morgan fingerprint density at radius 3 is 2.31 bits per heavy atom. The summed E-state index contributed by atoms with van der Waals surface area (Å²) < 4.78 is 57.0. The topological polar surface area (TPSA) is 46.6 Å². The van der Waals surface area contributed by atoms with Gasteiger partial charge in [-0.2, -0.15) is 13.2 Å². The maximum atomic E-state index is 13.6. The van der Waals surface area contributed by atoms with Crippen LogP contribution in [0.4, 0.5) is 17.6 Å². The van der Waals surface area contributed by atoms with Gasteiger partial charge in [0.1, 0.15) is 5.82 Å². The van der Waals surface area contributed by atoms with Crippen molar-refractivity contribution in [2.45, 2.75) is 12.7 Å². The fraction of sp³-hybridized carbons (Fsp3) is 0.222. The van der Waals surface area contributed by atoms with E-state index in [0.717, 1.165) is 23.1 Å². The highest BCUT2D eigenvalue weighted by atomic mass is 19.4. The summed E-state index contributed by atoms with van der Waals surface area (Å²) in [6, 6.07) is 9.96. The number of amides is 1. The zero-order valence-electron chi connectivity index (χ0n) is 13.7. The van der Waals surface area contributed by atoms with Gasteiger partial charge in [0.2, 0.25) is 0 Å². The Morgan fingerprint density at radius 2 is 1.65 bits per heavy atom. The van der Waals surface area contributed by atoms with Crippen molar-refractivity contribution in [2.24, 2.45) is 0 Å². The van der Waals surface area contributed by atoms with Gasteiger partial charge in [-0.15, -0.1) is 0 Å². The van der Waals surface area contributed by atoms with Crippen LogP contribution < -0.4 is 0 Å². The lowest BCUT2D eigenvalue weighted by Crippen LogP contribution is -2.31. The average molecular weight is 369 g/mol. The Hall–Kier alpha value is -2.90. The first-order valence-electron chi connectivity index (χ1n) is 7.51. The predicted octanol–water partition coefficient (Wildman–Crippen LogP) is 3.66. The number of halogens is 4. The largest absolute Gasteiger partial charge is 0.452 e. The van der Waals surface area contributed by atoms with Crippen LogP contribution >= 0.6 is 0 Å². The average Bonchev–Trinajstić information content (AvgIpc) is 2.60. The fourth-order valence-electron chi connectivity index (χ4n) is 2.19. The number of hydrogen-bond donors (Lipinski definition) is 0. The molecule has 0 aromatic heterocycles. The molecule has 2 aromatic carbocycles. The van der Waals surface area contributed by atoms with Gasteiger partial charge in [0.25, 0.3) is 5.91 Å². The molecule has 0 saturated heterocycles. The van der Waals surface area contributed by atoms with Gasteiger partial charge in [0.05, 0.1) is 11.1 Å². The molecule has 0 aliphatic rings. The number of rotatable bonds is 5. The maximum absolute atomic E-state index is 13.6. The highest BCUT2D eigenvalue weighted by molar-refractivity contribution is 5.93. The molecule has 0 radical (unpaired) electrons. The van der Waals surface area contributed by atoms with Crippen LogP contribution in [0, 0.1) is 5.82 Å². The molecule has 0 heterocycles. The summed E-state index contributed by atoms with van der Waals surface area (Å²) in [5, 5.41) is 0. The molecular weight excluding hydrogens is 354 g/mol. The van der Waals surface area contributed by atoms with E-state index < -0.39 is 41.6 Å². The molecule has 0 atom stereocenters. The second-order valence-corrected chi connectivity index (χ2v) is 5.46. The van der Waals surface area contributed by atoms with E-state index in [4.69, 9.17) is 4.74 Å². The normalized spacial score (nSPS) is 11.1. The van der Waals surface area contributed by atoms with Gasteiger partial charge in [0, 0.05) is 19.2 Å². The summed E-state index contributed by atoms with van der Waals surface area (Å²) >= 11 is 0. The number of ether oxygens (including phenoxy) is 1. The van der Waals surface area contributed by atoms with Gasteiger partial charge in [-0.05, 0) is 18.2 Å². The van der Waals surface area contributed by atoms with Gasteiger partial charge < -0.3 is 9.64 Å². The molecule has 138 valence electrons. The van der Waals surface area contributed by atoms with E-state index in [1.54, 1.807) is 6.07 Å². The number of carbonyl (C=O) groups excluding carboxylic acids is 2. The highest BCUT2D eigenvalue weighted by Gasteiger charge is 2.35. The molecule has 0 saturated carbocycles. The Labute approximate surface area is 147 Å². The molecule has 0 aliphatic heterocycles. The first-order chi connectivity index (χ1) is 12.2. The highest BCUT2D eigenvalue weighted by Crippen LogP contribution is 2.32. The smallest absolute Gasteiger partial charge is 0.417 e. The summed E-state index contributed by atoms with van der Waals surface area (Å²) in [4.78, 5) is 25.0. The molecule has 4 nitrogen and oxygen atoms in total. The van der Waals surface area contributed by atoms with E-state index in [1.165, 1.54) is 31.3 Å². The minimum Gasteiger partial charge on any atom is -0.452 e. The molecule has 0 spiro atoms. The van der Waals surface area contributed by atoms with Crippen LogP contribution in [0.5, 0.6) is 0 Å². The van der Waals surface area contributed by atoms with E-state index in [0.29, 0.717) is 0 Å². The molecular formula is C18H15F4NO3. The third-order valence-corrected chi connectivity index (χ3v) is 3.57. The Kier molecular flexibility index (Phi) is 5.97. The van der Waals surface area contributed by atoms with Crippen molar-refractivity contribution >= 4 is 11.9 Å². The van der Waals surface area contributed by atoms with E-state index in [9.17, 15) is 27.2 Å². The summed E-state index contributed by atoms with van der Waals surface area (Å²) in [5.74, 6) is -2.43. The summed E-state index contributed by atoms with van der Waals surface area (Å²) in [7, 11) is 1.37. The minimum atomic E-state index is -4.72. The van der Waals surface area contributed by atoms with Crippen LogP contribution in [-0.2, 0) is 22.3 Å². The van der Waals surface area contributed by atoms with Crippen molar-refractivity contribution in [1.29, 1.82) is 0 Å². The molecule has 0 bridgehead atoms.